The highest BCUT2D eigenvalue weighted by atomic mass is 16.4. The van der Waals surface area contributed by atoms with Crippen LogP contribution in [-0.2, 0) is 19.2 Å². The van der Waals surface area contributed by atoms with E-state index in [-0.39, 0.29) is 12.8 Å². The van der Waals surface area contributed by atoms with Crippen molar-refractivity contribution in [3.63, 3.8) is 0 Å². The first-order chi connectivity index (χ1) is 10.9. The smallest absolute Gasteiger partial charge is 0.311 e. The molecule has 6 unspecified atom stereocenters. The van der Waals surface area contributed by atoms with Crippen LogP contribution in [0.3, 0.4) is 0 Å². The minimum atomic E-state index is -1.59. The van der Waals surface area contributed by atoms with Crippen LogP contribution in [0.15, 0.2) is 0 Å². The molecule has 0 heterocycles. The van der Waals surface area contributed by atoms with Gasteiger partial charge in [-0.3, -0.25) is 19.2 Å². The number of carbonyl (C=O) groups is 4. The lowest BCUT2D eigenvalue weighted by Crippen LogP contribution is -2.73. The molecule has 0 aromatic rings. The van der Waals surface area contributed by atoms with Gasteiger partial charge in [-0.2, -0.15) is 0 Å². The molecule has 2 aliphatic carbocycles. The summed E-state index contributed by atoms with van der Waals surface area (Å²) in [7, 11) is 0. The first-order valence-corrected chi connectivity index (χ1v) is 7.84. The van der Waals surface area contributed by atoms with E-state index in [1.54, 1.807) is 20.8 Å². The lowest BCUT2D eigenvalue weighted by Gasteiger charge is -2.68. The Balaban J connectivity index is 2.58. The Kier molecular flexibility index (Phi) is 4.14. The van der Waals surface area contributed by atoms with Gasteiger partial charge in [-0.05, 0) is 30.1 Å². The molecular weight excluding hydrogens is 320 g/mol. The van der Waals surface area contributed by atoms with Crippen molar-refractivity contribution in [2.75, 3.05) is 0 Å². The van der Waals surface area contributed by atoms with Gasteiger partial charge in [0.1, 0.15) is 0 Å². The van der Waals surface area contributed by atoms with Gasteiger partial charge in [-0.1, -0.05) is 20.8 Å². The molecule has 0 spiro atoms. The minimum absolute atomic E-state index is 0.142. The molecule has 8 nitrogen and oxygen atoms in total. The minimum Gasteiger partial charge on any atom is -0.481 e. The zero-order valence-corrected chi connectivity index (χ0v) is 13.7. The van der Waals surface area contributed by atoms with Crippen LogP contribution in [0.1, 0.15) is 33.6 Å². The molecule has 0 bridgehead atoms. The summed E-state index contributed by atoms with van der Waals surface area (Å²) in [6.07, 6.45) is -0.292. The number of carboxylic acid groups (broad SMARTS) is 4. The van der Waals surface area contributed by atoms with Gasteiger partial charge in [0, 0.05) is 0 Å². The van der Waals surface area contributed by atoms with Crippen LogP contribution in [0, 0.1) is 40.4 Å². The van der Waals surface area contributed by atoms with Crippen LogP contribution in [0.4, 0.5) is 0 Å². The molecule has 2 aliphatic rings. The van der Waals surface area contributed by atoms with Crippen molar-refractivity contribution in [2.45, 2.75) is 33.6 Å². The summed E-state index contributed by atoms with van der Waals surface area (Å²) < 4.78 is 0. The van der Waals surface area contributed by atoms with E-state index in [0.29, 0.717) is 0 Å². The summed E-state index contributed by atoms with van der Waals surface area (Å²) in [4.78, 5) is 46.8. The molecule has 2 fully saturated rings. The van der Waals surface area contributed by atoms with Gasteiger partial charge in [0.15, 0.2) is 0 Å². The summed E-state index contributed by atoms with van der Waals surface area (Å²) in [5.74, 6) is -10.0. The first-order valence-electron chi connectivity index (χ1n) is 7.84. The molecule has 0 aliphatic heterocycles. The highest BCUT2D eigenvalue weighted by Crippen LogP contribution is 2.73. The van der Waals surface area contributed by atoms with E-state index in [1.807, 2.05) is 0 Å². The van der Waals surface area contributed by atoms with Gasteiger partial charge in [0.05, 0.1) is 23.2 Å². The number of carboxylic acids is 4. The average Bonchev–Trinajstić information content (AvgIpc) is 2.40. The summed E-state index contributed by atoms with van der Waals surface area (Å²) in [6, 6.07) is 0. The monoisotopic (exact) mass is 342 g/mol. The Morgan fingerprint density at radius 2 is 1.42 bits per heavy atom. The van der Waals surface area contributed by atoms with Crippen molar-refractivity contribution in [1.29, 1.82) is 0 Å². The fourth-order valence-electron chi connectivity index (χ4n) is 5.43. The van der Waals surface area contributed by atoms with Crippen LogP contribution in [0.5, 0.6) is 0 Å². The molecule has 0 aromatic carbocycles. The van der Waals surface area contributed by atoms with Gasteiger partial charge in [-0.25, -0.2) is 0 Å². The number of hydrogen-bond donors (Lipinski definition) is 4. The second-order valence-corrected chi connectivity index (χ2v) is 7.55. The van der Waals surface area contributed by atoms with E-state index >= 15 is 0 Å². The van der Waals surface area contributed by atoms with Crippen molar-refractivity contribution in [3.05, 3.63) is 0 Å². The first kappa shape index (κ1) is 18.2. The van der Waals surface area contributed by atoms with Crippen LogP contribution < -0.4 is 0 Å². The molecule has 0 radical (unpaired) electrons. The number of fused-ring (bicyclic) bond motifs is 1. The van der Waals surface area contributed by atoms with Gasteiger partial charge < -0.3 is 20.4 Å². The standard InChI is InChI=1S/C16H22O8/c1-6(2)16(14(23)24)9-4-7(11(17)18)8(12(19)20)5-15(9,3)10(16)13(21)22/h6-10H,4-5H2,1-3H3,(H,17,18)(H,19,20)(H,21,22)(H,23,24). The van der Waals surface area contributed by atoms with Gasteiger partial charge in [0.25, 0.3) is 0 Å². The summed E-state index contributed by atoms with van der Waals surface area (Å²) in [5, 5.41) is 38.2. The predicted molar refractivity (Wildman–Crippen MR) is 79.1 cm³/mol. The van der Waals surface area contributed by atoms with E-state index in [4.69, 9.17) is 0 Å². The van der Waals surface area contributed by atoms with Crippen molar-refractivity contribution >= 4 is 23.9 Å². The SMILES string of the molecule is CC(C)C1(C(=O)O)C2CC(C(=O)O)C(C(=O)O)CC2(C)C1C(=O)O. The lowest BCUT2D eigenvalue weighted by molar-refractivity contribution is -0.257. The molecule has 2 rings (SSSR count). The van der Waals surface area contributed by atoms with E-state index < -0.39 is 64.3 Å². The van der Waals surface area contributed by atoms with Crippen molar-refractivity contribution in [3.8, 4) is 0 Å². The molecular formula is C16H22O8. The summed E-state index contributed by atoms with van der Waals surface area (Å²) in [6.45, 7) is 4.80. The second-order valence-electron chi connectivity index (χ2n) is 7.55. The fraction of sp³-hybridized carbons (Fsp3) is 0.750. The normalized spacial score (nSPS) is 41.2. The fourth-order valence-corrected chi connectivity index (χ4v) is 5.43. The van der Waals surface area contributed by atoms with E-state index in [9.17, 15) is 39.6 Å². The molecule has 4 N–H and O–H groups in total. The van der Waals surface area contributed by atoms with Gasteiger partial charge in [-0.15, -0.1) is 0 Å². The quantitative estimate of drug-likeness (QED) is 0.583. The van der Waals surface area contributed by atoms with Gasteiger partial charge >= 0.3 is 23.9 Å². The summed E-state index contributed by atoms with van der Waals surface area (Å²) in [5.41, 5.74) is -2.64. The van der Waals surface area contributed by atoms with E-state index in [1.165, 1.54) is 0 Å². The topological polar surface area (TPSA) is 149 Å². The molecule has 0 aromatic heterocycles. The zero-order chi connectivity index (χ0) is 18.6. The maximum absolute atomic E-state index is 12.0. The third kappa shape index (κ3) is 2.04. The van der Waals surface area contributed by atoms with Crippen LogP contribution in [-0.4, -0.2) is 44.3 Å². The highest BCUT2D eigenvalue weighted by Gasteiger charge is 2.78. The highest BCUT2D eigenvalue weighted by molar-refractivity contribution is 5.89. The second kappa shape index (κ2) is 5.46. The average molecular weight is 342 g/mol. The molecule has 134 valence electrons. The summed E-state index contributed by atoms with van der Waals surface area (Å²) >= 11 is 0. The van der Waals surface area contributed by atoms with Crippen LogP contribution in [0.2, 0.25) is 0 Å². The Hall–Kier alpha value is -2.12. The molecule has 0 amide bonds. The molecule has 8 heteroatoms. The Labute approximate surface area is 138 Å². The van der Waals surface area contributed by atoms with E-state index in [0.717, 1.165) is 0 Å². The Morgan fingerprint density at radius 3 is 1.75 bits per heavy atom. The number of hydrogen-bond acceptors (Lipinski definition) is 4. The number of aliphatic carboxylic acids is 4. The maximum atomic E-state index is 12.0. The van der Waals surface area contributed by atoms with Crippen molar-refractivity contribution in [2.24, 2.45) is 40.4 Å². The molecule has 2 saturated carbocycles. The number of rotatable bonds is 5. The maximum Gasteiger partial charge on any atom is 0.311 e. The predicted octanol–water partition coefficient (Wildman–Crippen LogP) is 1.25. The molecule has 6 atom stereocenters. The zero-order valence-electron chi connectivity index (χ0n) is 13.7. The Bertz CT molecular complexity index is 611. The van der Waals surface area contributed by atoms with Crippen molar-refractivity contribution in [1.82, 2.24) is 0 Å². The molecule has 24 heavy (non-hydrogen) atoms. The van der Waals surface area contributed by atoms with Crippen LogP contribution >= 0.6 is 0 Å². The van der Waals surface area contributed by atoms with Gasteiger partial charge in [0.2, 0.25) is 0 Å². The third-order valence-electron chi connectivity index (χ3n) is 6.35. The van der Waals surface area contributed by atoms with Crippen molar-refractivity contribution < 1.29 is 39.6 Å². The molecule has 0 saturated heterocycles. The lowest BCUT2D eigenvalue weighted by atomic mass is 9.32. The largest absolute Gasteiger partial charge is 0.481 e. The third-order valence-corrected chi connectivity index (χ3v) is 6.35. The van der Waals surface area contributed by atoms with E-state index in [2.05, 4.69) is 0 Å². The van der Waals surface area contributed by atoms with Crippen LogP contribution in [0.25, 0.3) is 0 Å². The Morgan fingerprint density at radius 1 is 0.917 bits per heavy atom.